The third-order valence-electron chi connectivity index (χ3n) is 10.7. The summed E-state index contributed by atoms with van der Waals surface area (Å²) >= 11 is 0. The number of rotatable bonds is 42. The number of ether oxygens (including phenoxy) is 2. The first-order valence-electron chi connectivity index (χ1n) is 23.3. The number of aliphatic hydroxyl groups excluding tert-OH is 2. The molecule has 0 aliphatic carbocycles. The van der Waals surface area contributed by atoms with E-state index < -0.39 is 0 Å². The quantitative estimate of drug-likeness (QED) is 0.0274. The van der Waals surface area contributed by atoms with Crippen LogP contribution in [0.25, 0.3) is 0 Å². The smallest absolute Gasteiger partial charge is 0.305 e. The van der Waals surface area contributed by atoms with E-state index in [1.165, 1.54) is 116 Å². The maximum atomic E-state index is 13.4. The van der Waals surface area contributed by atoms with Gasteiger partial charge in [-0.3, -0.25) is 14.4 Å². The highest BCUT2D eigenvalue weighted by atomic mass is 16.5. The molecule has 328 valence electrons. The van der Waals surface area contributed by atoms with Gasteiger partial charge in [0.1, 0.15) is 26.3 Å². The highest BCUT2D eigenvalue weighted by molar-refractivity contribution is 5.77. The SMILES string of the molecule is CCCCCCCCC=CCCCCCCCC(=O)OCCN(CCOC(=O)CCCCCCCC=CCCCCCCCC)C(=O)C[N+](C)(CCO)CCO. The maximum absolute atomic E-state index is 13.4. The molecule has 9 heteroatoms. The van der Waals surface area contributed by atoms with E-state index in [0.717, 1.165) is 51.4 Å². The summed E-state index contributed by atoms with van der Waals surface area (Å²) in [5.41, 5.74) is 0. The van der Waals surface area contributed by atoms with Crippen molar-refractivity contribution in [1.82, 2.24) is 4.90 Å². The number of carbonyl (C=O) groups is 3. The number of esters is 2. The molecule has 0 aliphatic heterocycles. The number of nitrogens with zero attached hydrogens (tertiary/aromatic N) is 2. The number of hydrogen-bond donors (Lipinski definition) is 2. The van der Waals surface area contributed by atoms with Gasteiger partial charge in [-0.2, -0.15) is 0 Å². The predicted octanol–water partition coefficient (Wildman–Crippen LogP) is 10.4. The largest absolute Gasteiger partial charge is 0.464 e. The molecule has 0 bridgehead atoms. The normalized spacial score (nSPS) is 11.9. The summed E-state index contributed by atoms with van der Waals surface area (Å²) in [6.07, 6.45) is 41.2. The Balaban J connectivity index is 4.34. The molecule has 0 atom stereocenters. The minimum atomic E-state index is -0.261. The number of quaternary nitrogens is 1. The number of allylic oxidation sites excluding steroid dienone is 4. The molecule has 0 saturated heterocycles. The van der Waals surface area contributed by atoms with Crippen LogP contribution in [0.15, 0.2) is 24.3 Å². The van der Waals surface area contributed by atoms with E-state index in [2.05, 4.69) is 38.2 Å². The number of aliphatic hydroxyl groups is 2. The Kier molecular flexibility index (Phi) is 39.3. The topological polar surface area (TPSA) is 113 Å². The van der Waals surface area contributed by atoms with Crippen LogP contribution in [0.1, 0.15) is 194 Å². The summed E-state index contributed by atoms with van der Waals surface area (Å²) in [4.78, 5) is 39.8. The van der Waals surface area contributed by atoms with E-state index in [4.69, 9.17) is 9.47 Å². The molecule has 9 nitrogen and oxygen atoms in total. The third kappa shape index (κ3) is 36.1. The van der Waals surface area contributed by atoms with Gasteiger partial charge in [0.25, 0.3) is 5.91 Å². The van der Waals surface area contributed by atoms with Crippen LogP contribution >= 0.6 is 0 Å². The van der Waals surface area contributed by atoms with Crippen molar-refractivity contribution in [2.24, 2.45) is 0 Å². The molecule has 0 aromatic rings. The van der Waals surface area contributed by atoms with Gasteiger partial charge in [0.15, 0.2) is 6.54 Å². The van der Waals surface area contributed by atoms with Gasteiger partial charge in [-0.05, 0) is 64.2 Å². The van der Waals surface area contributed by atoms with Crippen molar-refractivity contribution >= 4 is 17.8 Å². The lowest BCUT2D eigenvalue weighted by Gasteiger charge is -2.34. The first kappa shape index (κ1) is 53.8. The van der Waals surface area contributed by atoms with E-state index in [1.807, 2.05) is 7.05 Å². The van der Waals surface area contributed by atoms with Crippen LogP contribution in [0, 0.1) is 0 Å². The zero-order valence-electron chi connectivity index (χ0n) is 36.8. The number of hydrogen-bond acceptors (Lipinski definition) is 7. The summed E-state index contributed by atoms with van der Waals surface area (Å²) in [6.45, 7) is 5.57. The Bertz CT molecular complexity index is 906. The van der Waals surface area contributed by atoms with Crippen LogP contribution in [-0.4, -0.2) is 104 Å². The molecule has 0 heterocycles. The number of carbonyl (C=O) groups excluding carboxylic acids is 3. The molecule has 0 spiro atoms. The minimum Gasteiger partial charge on any atom is -0.464 e. The fourth-order valence-corrected chi connectivity index (χ4v) is 6.90. The molecule has 0 saturated carbocycles. The highest BCUT2D eigenvalue weighted by Gasteiger charge is 2.28. The van der Waals surface area contributed by atoms with E-state index in [-0.39, 0.29) is 68.4 Å². The van der Waals surface area contributed by atoms with Crippen LogP contribution in [0.5, 0.6) is 0 Å². The van der Waals surface area contributed by atoms with Gasteiger partial charge in [-0.1, -0.05) is 141 Å². The summed E-state index contributed by atoms with van der Waals surface area (Å²) in [5.74, 6) is -0.721. The fourth-order valence-electron chi connectivity index (χ4n) is 6.90. The molecule has 0 unspecified atom stereocenters. The highest BCUT2D eigenvalue weighted by Crippen LogP contribution is 2.13. The predicted molar refractivity (Wildman–Crippen MR) is 232 cm³/mol. The number of amides is 1. The first-order chi connectivity index (χ1) is 27.3. The van der Waals surface area contributed by atoms with Crippen LogP contribution in [0.2, 0.25) is 0 Å². The standard InChI is InChI=1S/C47H89N2O7/c1-4-6-8-10-12-14-16-18-20-22-24-26-28-30-32-34-46(53)55-42-36-48(45(52)44-49(3,38-40-50)39-41-51)37-43-56-47(54)35-33-31-29-27-25-23-21-19-17-15-13-11-9-7-5-2/h18-21,50-51H,4-17,22-44H2,1-3H3/q+1. The van der Waals surface area contributed by atoms with Gasteiger partial charge in [-0.15, -0.1) is 0 Å². The van der Waals surface area contributed by atoms with E-state index in [1.54, 1.807) is 4.90 Å². The monoisotopic (exact) mass is 794 g/mol. The van der Waals surface area contributed by atoms with Crippen molar-refractivity contribution in [1.29, 1.82) is 0 Å². The molecular weight excluding hydrogens is 705 g/mol. The van der Waals surface area contributed by atoms with Gasteiger partial charge < -0.3 is 29.1 Å². The lowest BCUT2D eigenvalue weighted by atomic mass is 10.1. The molecule has 1 amide bonds. The Morgan fingerprint density at radius 1 is 0.500 bits per heavy atom. The van der Waals surface area contributed by atoms with Crippen molar-refractivity contribution in [3.63, 3.8) is 0 Å². The van der Waals surface area contributed by atoms with E-state index in [0.29, 0.717) is 25.9 Å². The van der Waals surface area contributed by atoms with Crippen molar-refractivity contribution in [3.05, 3.63) is 24.3 Å². The Labute approximate surface area is 344 Å². The Morgan fingerprint density at radius 2 is 0.821 bits per heavy atom. The molecule has 0 aromatic carbocycles. The van der Waals surface area contributed by atoms with Crippen molar-refractivity contribution in [2.45, 2.75) is 194 Å². The van der Waals surface area contributed by atoms with Crippen molar-refractivity contribution < 1.29 is 38.6 Å². The zero-order chi connectivity index (χ0) is 41.2. The van der Waals surface area contributed by atoms with Crippen LogP contribution in [0.4, 0.5) is 0 Å². The lowest BCUT2D eigenvalue weighted by Crippen LogP contribution is -2.54. The second-order valence-corrected chi connectivity index (χ2v) is 16.2. The molecule has 0 radical (unpaired) electrons. The molecule has 0 rings (SSSR count). The van der Waals surface area contributed by atoms with Gasteiger partial charge in [0.05, 0.1) is 33.4 Å². The van der Waals surface area contributed by atoms with Crippen LogP contribution < -0.4 is 0 Å². The van der Waals surface area contributed by atoms with Crippen LogP contribution in [0.3, 0.4) is 0 Å². The van der Waals surface area contributed by atoms with Gasteiger partial charge >= 0.3 is 11.9 Å². The average molecular weight is 794 g/mol. The summed E-state index contributed by atoms with van der Waals surface area (Å²) in [5, 5.41) is 19.1. The van der Waals surface area contributed by atoms with Gasteiger partial charge in [0.2, 0.25) is 0 Å². The zero-order valence-corrected chi connectivity index (χ0v) is 36.8. The summed E-state index contributed by atoms with van der Waals surface area (Å²) in [6, 6.07) is 0. The molecule has 2 N–H and O–H groups in total. The van der Waals surface area contributed by atoms with Gasteiger partial charge in [0, 0.05) is 12.8 Å². The average Bonchev–Trinajstić information content (AvgIpc) is 3.17. The lowest BCUT2D eigenvalue weighted by molar-refractivity contribution is -0.902. The first-order valence-corrected chi connectivity index (χ1v) is 23.3. The Morgan fingerprint density at radius 3 is 1.16 bits per heavy atom. The summed E-state index contributed by atoms with van der Waals surface area (Å²) < 4.78 is 11.2. The molecule has 56 heavy (non-hydrogen) atoms. The Hall–Kier alpha value is -2.23. The number of unbranched alkanes of at least 4 members (excludes halogenated alkanes) is 22. The van der Waals surface area contributed by atoms with E-state index in [9.17, 15) is 24.6 Å². The van der Waals surface area contributed by atoms with Crippen molar-refractivity contribution in [2.75, 3.05) is 66.2 Å². The maximum Gasteiger partial charge on any atom is 0.305 e. The molecule has 0 fully saturated rings. The second-order valence-electron chi connectivity index (χ2n) is 16.2. The third-order valence-corrected chi connectivity index (χ3v) is 10.7. The minimum absolute atomic E-state index is 0.0717. The number of likely N-dealkylation sites (N-methyl/N-ethyl adjacent to an activating group) is 1. The summed E-state index contributed by atoms with van der Waals surface area (Å²) in [7, 11) is 1.82. The van der Waals surface area contributed by atoms with E-state index >= 15 is 0 Å². The fraction of sp³-hybridized carbons (Fsp3) is 0.851. The van der Waals surface area contributed by atoms with Crippen molar-refractivity contribution in [3.8, 4) is 0 Å². The second kappa shape index (κ2) is 40.9. The van der Waals surface area contributed by atoms with Gasteiger partial charge in [-0.25, -0.2) is 0 Å². The molecule has 0 aromatic heterocycles. The molecular formula is C47H89N2O7+. The van der Waals surface area contributed by atoms with Crippen LogP contribution in [-0.2, 0) is 23.9 Å². The molecule has 0 aliphatic rings.